The average molecular weight is 266 g/mol. The first-order chi connectivity index (χ1) is 8.85. The smallest absolute Gasteiger partial charge is 0.309 e. The van der Waals surface area contributed by atoms with Crippen molar-refractivity contribution < 1.29 is 19.4 Å². The van der Waals surface area contributed by atoms with Gasteiger partial charge in [0.2, 0.25) is 0 Å². The first-order valence-electron chi connectivity index (χ1n) is 7.44. The maximum absolute atomic E-state index is 11.8. The van der Waals surface area contributed by atoms with Crippen LogP contribution in [0.25, 0.3) is 0 Å². The van der Waals surface area contributed by atoms with Crippen LogP contribution >= 0.6 is 0 Å². The summed E-state index contributed by atoms with van der Waals surface area (Å²) in [7, 11) is 0. The lowest BCUT2D eigenvalue weighted by Gasteiger charge is -2.42. The summed E-state index contributed by atoms with van der Waals surface area (Å²) in [6.07, 6.45) is 2.22. The van der Waals surface area contributed by atoms with Gasteiger partial charge in [0.05, 0.1) is 23.2 Å². The summed E-state index contributed by atoms with van der Waals surface area (Å²) >= 11 is 0. The molecule has 1 N–H and O–H groups in total. The molecule has 4 heteroatoms. The van der Waals surface area contributed by atoms with Crippen molar-refractivity contribution in [2.24, 2.45) is 23.7 Å². The highest BCUT2D eigenvalue weighted by molar-refractivity contribution is 5.74. The van der Waals surface area contributed by atoms with E-state index in [2.05, 4.69) is 13.8 Å². The van der Waals surface area contributed by atoms with Gasteiger partial charge >= 0.3 is 5.97 Å². The molecule has 2 saturated heterocycles. The van der Waals surface area contributed by atoms with Crippen molar-refractivity contribution in [3.05, 3.63) is 0 Å². The van der Waals surface area contributed by atoms with Crippen molar-refractivity contribution in [3.63, 3.8) is 0 Å². The van der Waals surface area contributed by atoms with Gasteiger partial charge in [-0.2, -0.15) is 0 Å². The Balaban J connectivity index is 1.74. The molecule has 0 aromatic carbocycles. The lowest BCUT2D eigenvalue weighted by Crippen LogP contribution is -2.49. The number of aliphatic hydroxyl groups excluding tert-OH is 1. The molecule has 2 saturated carbocycles. The topological polar surface area (TPSA) is 55.8 Å². The molecule has 2 heterocycles. The van der Waals surface area contributed by atoms with Gasteiger partial charge in [-0.3, -0.25) is 4.79 Å². The van der Waals surface area contributed by atoms with Crippen molar-refractivity contribution in [2.75, 3.05) is 0 Å². The summed E-state index contributed by atoms with van der Waals surface area (Å²) in [5, 5.41) is 10.3. The van der Waals surface area contributed by atoms with Crippen LogP contribution in [-0.2, 0) is 14.3 Å². The van der Waals surface area contributed by atoms with Crippen LogP contribution < -0.4 is 0 Å². The molecule has 2 aliphatic carbocycles. The summed E-state index contributed by atoms with van der Waals surface area (Å²) < 4.78 is 11.9. The van der Waals surface area contributed by atoms with Crippen molar-refractivity contribution in [1.29, 1.82) is 0 Å². The molecule has 4 aliphatic rings. The highest BCUT2D eigenvalue weighted by Gasteiger charge is 2.69. The maximum atomic E-state index is 11.8. The van der Waals surface area contributed by atoms with Crippen molar-refractivity contribution in [2.45, 2.75) is 63.4 Å². The number of ether oxygens (including phenoxy) is 2. The van der Waals surface area contributed by atoms with Crippen molar-refractivity contribution in [3.8, 4) is 0 Å². The molecule has 0 amide bonds. The summed E-state index contributed by atoms with van der Waals surface area (Å²) in [4.78, 5) is 11.8. The Morgan fingerprint density at radius 1 is 1.26 bits per heavy atom. The molecule has 4 fully saturated rings. The fourth-order valence-electron chi connectivity index (χ4n) is 5.36. The average Bonchev–Trinajstić information content (AvgIpc) is 2.73. The van der Waals surface area contributed by atoms with Gasteiger partial charge in [-0.15, -0.1) is 0 Å². The molecule has 4 nitrogen and oxygen atoms in total. The van der Waals surface area contributed by atoms with E-state index in [1.807, 2.05) is 6.92 Å². The molecule has 106 valence electrons. The predicted octanol–water partition coefficient (Wildman–Crippen LogP) is 1.50. The third-order valence-electron chi connectivity index (χ3n) is 6.49. The molecule has 2 aliphatic heterocycles. The van der Waals surface area contributed by atoms with E-state index >= 15 is 0 Å². The van der Waals surface area contributed by atoms with E-state index in [4.69, 9.17) is 9.47 Å². The number of carbonyl (C=O) groups is 1. The van der Waals surface area contributed by atoms with Crippen molar-refractivity contribution in [1.82, 2.24) is 0 Å². The lowest BCUT2D eigenvalue weighted by molar-refractivity contribution is -0.194. The first kappa shape index (κ1) is 12.2. The van der Waals surface area contributed by atoms with Gasteiger partial charge in [-0.25, -0.2) is 0 Å². The van der Waals surface area contributed by atoms with Crippen molar-refractivity contribution >= 4 is 5.97 Å². The van der Waals surface area contributed by atoms with Crippen LogP contribution in [-0.4, -0.2) is 34.5 Å². The third-order valence-corrected chi connectivity index (χ3v) is 6.49. The molecule has 0 unspecified atom stereocenters. The Morgan fingerprint density at radius 3 is 2.74 bits per heavy atom. The largest absolute Gasteiger partial charge is 0.462 e. The normalized spacial score (nSPS) is 62.8. The van der Waals surface area contributed by atoms with Crippen LogP contribution in [0.3, 0.4) is 0 Å². The van der Waals surface area contributed by atoms with Crippen LogP contribution in [0.15, 0.2) is 0 Å². The minimum Gasteiger partial charge on any atom is -0.462 e. The molecule has 19 heavy (non-hydrogen) atoms. The van der Waals surface area contributed by atoms with E-state index < -0.39 is 5.60 Å². The number of hydrogen-bond donors (Lipinski definition) is 1. The first-order valence-corrected chi connectivity index (χ1v) is 7.44. The van der Waals surface area contributed by atoms with Crippen LogP contribution in [0.4, 0.5) is 0 Å². The lowest BCUT2D eigenvalue weighted by atomic mass is 9.78. The predicted molar refractivity (Wildman–Crippen MR) is 67.3 cm³/mol. The van der Waals surface area contributed by atoms with Crippen LogP contribution in [0, 0.1) is 23.7 Å². The Bertz CT molecular complexity index is 449. The molecule has 0 spiro atoms. The molecule has 8 atom stereocenters. The molecule has 0 radical (unpaired) electrons. The maximum Gasteiger partial charge on any atom is 0.309 e. The zero-order valence-electron chi connectivity index (χ0n) is 11.8. The number of carbonyl (C=O) groups excluding carboxylic acids is 1. The van der Waals surface area contributed by atoms with E-state index in [9.17, 15) is 9.90 Å². The Labute approximate surface area is 113 Å². The van der Waals surface area contributed by atoms with Gasteiger partial charge < -0.3 is 14.6 Å². The fraction of sp³-hybridized carbons (Fsp3) is 0.933. The summed E-state index contributed by atoms with van der Waals surface area (Å²) in [6, 6.07) is 0. The van der Waals surface area contributed by atoms with Gasteiger partial charge in [0, 0.05) is 12.3 Å². The quantitative estimate of drug-likeness (QED) is 0.675. The number of aliphatic hydroxyl groups is 1. The second kappa shape index (κ2) is 3.34. The second-order valence-corrected chi connectivity index (χ2v) is 7.43. The van der Waals surface area contributed by atoms with Gasteiger partial charge in [0.25, 0.3) is 0 Å². The minimum absolute atomic E-state index is 0.00640. The molecular formula is C15H22O4. The fourth-order valence-corrected chi connectivity index (χ4v) is 5.36. The second-order valence-electron chi connectivity index (χ2n) is 7.43. The highest BCUT2D eigenvalue weighted by Crippen LogP contribution is 2.63. The molecule has 4 bridgehead atoms. The van der Waals surface area contributed by atoms with E-state index in [-0.39, 0.29) is 29.7 Å². The monoisotopic (exact) mass is 266 g/mol. The zero-order valence-corrected chi connectivity index (χ0v) is 11.8. The molecule has 0 aromatic rings. The third kappa shape index (κ3) is 1.30. The Hall–Kier alpha value is -0.610. The summed E-state index contributed by atoms with van der Waals surface area (Å²) in [6.45, 7) is 6.17. The SMILES string of the molecule is C[C@@H]1C(=O)O[C@H]2C[C@@]3(C)O[C@]4(C)[C@H](C[C@@H]21)[C@H]3C[C@@H]4O. The van der Waals surface area contributed by atoms with Gasteiger partial charge in [0.15, 0.2) is 0 Å². The number of fused-ring (bicyclic) bond motifs is 1. The summed E-state index contributed by atoms with van der Waals surface area (Å²) in [5.41, 5.74) is -0.655. The van der Waals surface area contributed by atoms with Crippen LogP contribution in [0.5, 0.6) is 0 Å². The minimum atomic E-state index is -0.421. The summed E-state index contributed by atoms with van der Waals surface area (Å²) in [5.74, 6) is 1.00. The van der Waals surface area contributed by atoms with Gasteiger partial charge in [-0.05, 0) is 38.5 Å². The molecule has 0 aromatic heterocycles. The van der Waals surface area contributed by atoms with Gasteiger partial charge in [-0.1, -0.05) is 6.92 Å². The number of rotatable bonds is 0. The van der Waals surface area contributed by atoms with E-state index in [1.54, 1.807) is 0 Å². The Morgan fingerprint density at radius 2 is 2.00 bits per heavy atom. The van der Waals surface area contributed by atoms with Crippen LogP contribution in [0.2, 0.25) is 0 Å². The van der Waals surface area contributed by atoms with Gasteiger partial charge in [0.1, 0.15) is 6.10 Å². The zero-order chi connectivity index (χ0) is 13.6. The van der Waals surface area contributed by atoms with Crippen LogP contribution in [0.1, 0.15) is 40.0 Å². The molecular weight excluding hydrogens is 244 g/mol. The Kier molecular flexibility index (Phi) is 2.14. The van der Waals surface area contributed by atoms with E-state index in [0.717, 1.165) is 19.3 Å². The van der Waals surface area contributed by atoms with E-state index in [1.165, 1.54) is 0 Å². The standard InChI is InChI=1S/C15H22O4/c1-7-8-4-10-9-5-12(16)15(10,3)19-14(9,2)6-11(8)18-13(7)17/h7-12,16H,4-6H2,1-3H3/t7-,8+,9+,10+,11-,12-,14+,15+/m0/s1. The molecule has 4 rings (SSSR count). The number of hydrogen-bond acceptors (Lipinski definition) is 4. The highest BCUT2D eigenvalue weighted by atomic mass is 16.6. The number of esters is 1. The van der Waals surface area contributed by atoms with E-state index in [0.29, 0.717) is 17.8 Å².